The Balaban J connectivity index is 1.64. The van der Waals surface area contributed by atoms with Gasteiger partial charge in [0.15, 0.2) is 0 Å². The molecule has 0 saturated carbocycles. The van der Waals surface area contributed by atoms with Crippen molar-refractivity contribution in [2.75, 3.05) is 26.2 Å². The molecule has 7 nitrogen and oxygen atoms in total. The highest BCUT2D eigenvalue weighted by Crippen LogP contribution is 2.23. The van der Waals surface area contributed by atoms with Gasteiger partial charge >= 0.3 is 0 Å². The zero-order chi connectivity index (χ0) is 13.4. The van der Waals surface area contributed by atoms with Gasteiger partial charge < -0.3 is 20.8 Å². The summed E-state index contributed by atoms with van der Waals surface area (Å²) in [5.41, 5.74) is 1.04. The van der Waals surface area contributed by atoms with E-state index in [1.54, 1.807) is 0 Å². The molecule has 3 aliphatic heterocycles. The van der Waals surface area contributed by atoms with E-state index in [2.05, 4.69) is 20.5 Å². The van der Waals surface area contributed by atoms with E-state index in [0.717, 1.165) is 5.57 Å². The van der Waals surface area contributed by atoms with E-state index >= 15 is 0 Å². The fraction of sp³-hybridized carbons (Fsp3) is 0.667. The monoisotopic (exact) mass is 266 g/mol. The highest BCUT2D eigenvalue weighted by molar-refractivity contribution is 5.95. The number of likely N-dealkylation sites (tertiary alicyclic amines) is 1. The van der Waals surface area contributed by atoms with Crippen molar-refractivity contribution in [1.82, 2.24) is 15.5 Å². The second-order valence-corrected chi connectivity index (χ2v) is 5.30. The third-order valence-corrected chi connectivity index (χ3v) is 3.99. The Morgan fingerprint density at radius 2 is 2.32 bits per heavy atom. The molecule has 0 radical (unpaired) electrons. The lowest BCUT2D eigenvalue weighted by atomic mass is 10.0. The van der Waals surface area contributed by atoms with Crippen LogP contribution in [0.2, 0.25) is 0 Å². The van der Waals surface area contributed by atoms with Gasteiger partial charge in [-0.2, -0.15) is 0 Å². The Labute approximate surface area is 111 Å². The molecule has 1 saturated heterocycles. The maximum absolute atomic E-state index is 11.6. The van der Waals surface area contributed by atoms with Crippen molar-refractivity contribution in [1.29, 1.82) is 0 Å². The lowest BCUT2D eigenvalue weighted by Crippen LogP contribution is -2.49. The summed E-state index contributed by atoms with van der Waals surface area (Å²) in [4.78, 5) is 18.0. The molecule has 3 aliphatic rings. The molecule has 3 heterocycles. The predicted octanol–water partition coefficient (Wildman–Crippen LogP) is -2.35. The van der Waals surface area contributed by atoms with Crippen LogP contribution in [0.3, 0.4) is 0 Å². The molecular formula is C12H18N4O3. The fourth-order valence-electron chi connectivity index (χ4n) is 2.91. The van der Waals surface area contributed by atoms with Crippen LogP contribution in [0.4, 0.5) is 0 Å². The molecule has 1 fully saturated rings. The van der Waals surface area contributed by atoms with Gasteiger partial charge in [0.2, 0.25) is 5.91 Å². The van der Waals surface area contributed by atoms with Crippen LogP contribution >= 0.6 is 0 Å². The summed E-state index contributed by atoms with van der Waals surface area (Å²) >= 11 is 0. The summed E-state index contributed by atoms with van der Waals surface area (Å²) in [5.74, 6) is -0.148. The van der Waals surface area contributed by atoms with Crippen LogP contribution in [-0.2, 0) is 4.79 Å². The first-order valence-corrected chi connectivity index (χ1v) is 6.47. The second kappa shape index (κ2) is 4.92. The number of β-amino-alcohol motifs (C(OH)–C–C–N with tert-alkyl or cyclic N) is 1. The van der Waals surface area contributed by atoms with Crippen LogP contribution in [0.1, 0.15) is 0 Å². The first kappa shape index (κ1) is 12.6. The van der Waals surface area contributed by atoms with Gasteiger partial charge in [-0.05, 0) is 11.8 Å². The molecule has 0 bridgehead atoms. The van der Waals surface area contributed by atoms with E-state index in [1.807, 2.05) is 6.20 Å². The smallest absolute Gasteiger partial charge is 0.250 e. The molecule has 0 aromatic carbocycles. The van der Waals surface area contributed by atoms with E-state index in [9.17, 15) is 9.90 Å². The van der Waals surface area contributed by atoms with Crippen LogP contribution in [0.15, 0.2) is 16.8 Å². The van der Waals surface area contributed by atoms with Gasteiger partial charge in [0.05, 0.1) is 12.4 Å². The molecule has 104 valence electrons. The zero-order valence-electron chi connectivity index (χ0n) is 10.5. The van der Waals surface area contributed by atoms with E-state index < -0.39 is 6.10 Å². The molecule has 4 atom stereocenters. The van der Waals surface area contributed by atoms with Crippen molar-refractivity contribution in [3.63, 3.8) is 0 Å². The Kier molecular flexibility index (Phi) is 3.26. The number of hydrogen-bond acceptors (Lipinski definition) is 6. The SMILES string of the molecule is O=C1NC=N[C@H]2C(CN3C[C@H](CO)[C@@H](O)C3)=CN[C@@H]12. The number of carbonyl (C=O) groups is 1. The van der Waals surface area contributed by atoms with Crippen LogP contribution in [0.5, 0.6) is 0 Å². The average Bonchev–Trinajstić information content (AvgIpc) is 2.95. The largest absolute Gasteiger partial charge is 0.396 e. The Hall–Kier alpha value is -1.44. The van der Waals surface area contributed by atoms with E-state index in [4.69, 9.17) is 5.11 Å². The highest BCUT2D eigenvalue weighted by atomic mass is 16.3. The standard InChI is InChI=1S/C12H18N4O3/c17-5-8-3-16(4-9(8)18)2-7-1-13-11-10(7)14-6-15-12(11)19/h1,6,8-11,13,17-18H,2-5H2,(H,14,15,19)/t8-,9+,10+,11-/m1/s1. The number of hydrogen-bond donors (Lipinski definition) is 4. The number of amides is 1. The van der Waals surface area contributed by atoms with Crippen molar-refractivity contribution in [3.05, 3.63) is 11.8 Å². The van der Waals surface area contributed by atoms with Gasteiger partial charge in [-0.25, -0.2) is 0 Å². The maximum atomic E-state index is 11.6. The second-order valence-electron chi connectivity index (χ2n) is 5.30. The summed E-state index contributed by atoms with van der Waals surface area (Å²) in [7, 11) is 0. The minimum absolute atomic E-state index is 0.00156. The lowest BCUT2D eigenvalue weighted by molar-refractivity contribution is -0.121. The summed E-state index contributed by atoms with van der Waals surface area (Å²) in [6.07, 6.45) is 2.81. The quantitative estimate of drug-likeness (QED) is 0.459. The van der Waals surface area contributed by atoms with Crippen molar-refractivity contribution in [3.8, 4) is 0 Å². The lowest BCUT2D eigenvalue weighted by Gasteiger charge is -2.23. The Morgan fingerprint density at radius 1 is 1.47 bits per heavy atom. The van der Waals surface area contributed by atoms with Gasteiger partial charge in [0.25, 0.3) is 0 Å². The molecule has 3 rings (SSSR count). The zero-order valence-corrected chi connectivity index (χ0v) is 10.5. The molecule has 0 aliphatic carbocycles. The number of nitrogens with zero attached hydrogens (tertiary/aromatic N) is 2. The molecular weight excluding hydrogens is 248 g/mol. The normalized spacial score (nSPS) is 37.8. The van der Waals surface area contributed by atoms with Gasteiger partial charge in [-0.1, -0.05) is 0 Å². The molecule has 19 heavy (non-hydrogen) atoms. The third-order valence-electron chi connectivity index (χ3n) is 3.99. The number of aliphatic hydroxyl groups is 2. The number of fused-ring (bicyclic) bond motifs is 1. The topological polar surface area (TPSA) is 97.2 Å². The van der Waals surface area contributed by atoms with E-state index in [1.165, 1.54) is 6.34 Å². The van der Waals surface area contributed by atoms with Crippen LogP contribution in [0.25, 0.3) is 0 Å². The number of aliphatic imine (C=N–C) groups is 1. The summed E-state index contributed by atoms with van der Waals surface area (Å²) in [6.45, 7) is 1.88. The van der Waals surface area contributed by atoms with Gasteiger partial charge in [-0.3, -0.25) is 14.7 Å². The minimum Gasteiger partial charge on any atom is -0.396 e. The molecule has 4 N–H and O–H groups in total. The molecule has 0 unspecified atom stereocenters. The van der Waals surface area contributed by atoms with Crippen LogP contribution in [0, 0.1) is 5.92 Å². The van der Waals surface area contributed by atoms with Crippen molar-refractivity contribution < 1.29 is 15.0 Å². The first-order valence-electron chi connectivity index (χ1n) is 6.47. The van der Waals surface area contributed by atoms with E-state index in [-0.39, 0.29) is 30.5 Å². The molecule has 0 aromatic heterocycles. The van der Waals surface area contributed by atoms with Crippen molar-refractivity contribution in [2.24, 2.45) is 10.9 Å². The molecule has 0 spiro atoms. The number of carbonyl (C=O) groups excluding carboxylic acids is 1. The fourth-order valence-corrected chi connectivity index (χ4v) is 2.91. The molecule has 0 aromatic rings. The Bertz CT molecular complexity index is 437. The van der Waals surface area contributed by atoms with Gasteiger partial charge in [0.1, 0.15) is 12.1 Å². The number of aliphatic hydroxyl groups excluding tert-OH is 2. The van der Waals surface area contributed by atoms with Crippen LogP contribution < -0.4 is 10.6 Å². The van der Waals surface area contributed by atoms with Gasteiger partial charge in [-0.15, -0.1) is 0 Å². The average molecular weight is 266 g/mol. The van der Waals surface area contributed by atoms with E-state index in [0.29, 0.717) is 19.6 Å². The predicted molar refractivity (Wildman–Crippen MR) is 68.5 cm³/mol. The number of rotatable bonds is 3. The third kappa shape index (κ3) is 2.24. The summed E-state index contributed by atoms with van der Waals surface area (Å²) in [6, 6.07) is -0.472. The Morgan fingerprint density at radius 3 is 3.05 bits per heavy atom. The molecule has 7 heteroatoms. The highest BCUT2D eigenvalue weighted by Gasteiger charge is 2.38. The van der Waals surface area contributed by atoms with Crippen molar-refractivity contribution >= 4 is 12.2 Å². The number of nitrogens with one attached hydrogen (secondary N) is 2. The van der Waals surface area contributed by atoms with Gasteiger partial charge in [0, 0.05) is 32.2 Å². The summed E-state index contributed by atoms with van der Waals surface area (Å²) in [5, 5.41) is 24.5. The van der Waals surface area contributed by atoms with Crippen molar-refractivity contribution in [2.45, 2.75) is 18.2 Å². The summed E-state index contributed by atoms with van der Waals surface area (Å²) < 4.78 is 0. The first-order chi connectivity index (χ1) is 9.19. The van der Waals surface area contributed by atoms with Crippen LogP contribution in [-0.4, -0.2) is 71.8 Å². The minimum atomic E-state index is -0.478. The maximum Gasteiger partial charge on any atom is 0.250 e. The molecule has 1 amide bonds.